The highest BCUT2D eigenvalue weighted by Crippen LogP contribution is 2.14. The summed E-state index contributed by atoms with van der Waals surface area (Å²) in [6, 6.07) is 0. The van der Waals surface area contributed by atoms with Gasteiger partial charge in [-0.2, -0.15) is 0 Å². The first kappa shape index (κ1) is 16.0. The monoisotopic (exact) mass is 269 g/mol. The molecule has 0 bridgehead atoms. The van der Waals surface area contributed by atoms with E-state index < -0.39 is 0 Å². The second kappa shape index (κ2) is 8.15. The van der Waals surface area contributed by atoms with Crippen molar-refractivity contribution in [1.82, 2.24) is 10.2 Å². The van der Waals surface area contributed by atoms with Crippen molar-refractivity contribution in [2.45, 2.75) is 39.5 Å². The third kappa shape index (κ3) is 6.05. The first-order valence-electron chi connectivity index (χ1n) is 7.27. The Bertz CT molecular complexity index is 299. The van der Waals surface area contributed by atoms with E-state index in [1.165, 1.54) is 0 Å². The molecule has 1 fully saturated rings. The maximum atomic E-state index is 11.8. The van der Waals surface area contributed by atoms with Crippen LogP contribution in [0.3, 0.4) is 0 Å². The minimum atomic E-state index is -0.0661. The second-order valence-corrected chi connectivity index (χ2v) is 5.80. The van der Waals surface area contributed by atoms with Crippen LogP contribution >= 0.6 is 0 Å². The van der Waals surface area contributed by atoms with Gasteiger partial charge in [-0.15, -0.1) is 0 Å². The number of nitrogens with two attached hydrogens (primary N) is 1. The van der Waals surface area contributed by atoms with Gasteiger partial charge < -0.3 is 16.0 Å². The molecule has 0 aromatic carbocycles. The van der Waals surface area contributed by atoms with Crippen LogP contribution in [-0.2, 0) is 9.59 Å². The van der Waals surface area contributed by atoms with Gasteiger partial charge in [0.2, 0.25) is 11.8 Å². The third-order valence-electron chi connectivity index (χ3n) is 3.51. The molecule has 19 heavy (non-hydrogen) atoms. The quantitative estimate of drug-likeness (QED) is 0.715. The van der Waals surface area contributed by atoms with Crippen molar-refractivity contribution >= 4 is 11.8 Å². The molecule has 110 valence electrons. The van der Waals surface area contributed by atoms with E-state index in [2.05, 4.69) is 19.2 Å². The molecule has 1 saturated heterocycles. The molecule has 0 aromatic heterocycles. The van der Waals surface area contributed by atoms with Gasteiger partial charge in [-0.25, -0.2) is 0 Å². The van der Waals surface area contributed by atoms with Crippen molar-refractivity contribution in [2.24, 2.45) is 17.6 Å². The van der Waals surface area contributed by atoms with Gasteiger partial charge >= 0.3 is 0 Å². The smallest absolute Gasteiger partial charge is 0.241 e. The van der Waals surface area contributed by atoms with Crippen LogP contribution in [0.15, 0.2) is 0 Å². The zero-order valence-electron chi connectivity index (χ0n) is 12.2. The van der Waals surface area contributed by atoms with Gasteiger partial charge in [0.1, 0.15) is 0 Å². The zero-order valence-corrected chi connectivity index (χ0v) is 12.2. The van der Waals surface area contributed by atoms with Crippen LogP contribution in [0.5, 0.6) is 0 Å². The summed E-state index contributed by atoms with van der Waals surface area (Å²) in [6.45, 7) is 6.54. The molecule has 1 atom stereocenters. The van der Waals surface area contributed by atoms with Crippen LogP contribution in [-0.4, -0.2) is 42.9 Å². The fourth-order valence-electron chi connectivity index (χ4n) is 2.52. The number of carbonyl (C=O) groups excluding carboxylic acids is 2. The van der Waals surface area contributed by atoms with E-state index >= 15 is 0 Å². The minimum absolute atomic E-state index is 0.0269. The van der Waals surface area contributed by atoms with E-state index in [4.69, 9.17) is 5.73 Å². The van der Waals surface area contributed by atoms with E-state index in [1.54, 1.807) is 0 Å². The van der Waals surface area contributed by atoms with E-state index in [-0.39, 0.29) is 24.3 Å². The Morgan fingerprint density at radius 2 is 1.89 bits per heavy atom. The highest BCUT2D eigenvalue weighted by atomic mass is 16.2. The predicted octanol–water partition coefficient (Wildman–Crippen LogP) is 0.736. The zero-order chi connectivity index (χ0) is 14.3. The largest absolute Gasteiger partial charge is 0.347 e. The van der Waals surface area contributed by atoms with Crippen molar-refractivity contribution in [1.29, 1.82) is 0 Å². The topological polar surface area (TPSA) is 75.4 Å². The molecule has 3 N–H and O–H groups in total. The molecule has 0 aliphatic carbocycles. The van der Waals surface area contributed by atoms with Crippen LogP contribution in [0, 0.1) is 11.8 Å². The summed E-state index contributed by atoms with van der Waals surface area (Å²) in [5.41, 5.74) is 5.67. The highest BCUT2D eigenvalue weighted by Gasteiger charge is 2.19. The minimum Gasteiger partial charge on any atom is -0.347 e. The summed E-state index contributed by atoms with van der Waals surface area (Å²) < 4.78 is 0. The molecule has 1 aliphatic rings. The molecule has 1 rings (SSSR count). The molecule has 1 heterocycles. The molecule has 0 spiro atoms. The summed E-state index contributed by atoms with van der Waals surface area (Å²) in [5.74, 6) is 0.706. The number of likely N-dealkylation sites (tertiary alicyclic amines) is 1. The Labute approximate surface area is 115 Å². The van der Waals surface area contributed by atoms with Crippen LogP contribution in [0.25, 0.3) is 0 Å². The van der Waals surface area contributed by atoms with Gasteiger partial charge in [-0.05, 0) is 37.6 Å². The SMILES string of the molecule is CC(C)C[C@H](CN)CC(=O)NCC(=O)N1CCCC1. The normalized spacial score (nSPS) is 16.7. The second-order valence-electron chi connectivity index (χ2n) is 5.80. The molecule has 0 aromatic rings. The van der Waals surface area contributed by atoms with Gasteiger partial charge in [0.05, 0.1) is 6.54 Å². The fourth-order valence-corrected chi connectivity index (χ4v) is 2.52. The summed E-state index contributed by atoms with van der Waals surface area (Å²) in [7, 11) is 0. The molecule has 2 amide bonds. The Balaban J connectivity index is 2.24. The van der Waals surface area contributed by atoms with Gasteiger partial charge in [0.25, 0.3) is 0 Å². The number of amides is 2. The molecular formula is C14H27N3O2. The van der Waals surface area contributed by atoms with Crippen molar-refractivity contribution in [3.63, 3.8) is 0 Å². The first-order chi connectivity index (χ1) is 9.02. The van der Waals surface area contributed by atoms with Gasteiger partial charge in [-0.1, -0.05) is 13.8 Å². The number of carbonyl (C=O) groups is 2. The number of nitrogens with one attached hydrogen (secondary N) is 1. The van der Waals surface area contributed by atoms with Crippen LogP contribution in [0.1, 0.15) is 39.5 Å². The van der Waals surface area contributed by atoms with E-state index in [9.17, 15) is 9.59 Å². The Morgan fingerprint density at radius 1 is 1.26 bits per heavy atom. The van der Waals surface area contributed by atoms with Gasteiger partial charge in [-0.3, -0.25) is 9.59 Å². The lowest BCUT2D eigenvalue weighted by Gasteiger charge is -2.18. The molecule has 5 nitrogen and oxygen atoms in total. The summed E-state index contributed by atoms with van der Waals surface area (Å²) in [4.78, 5) is 25.4. The highest BCUT2D eigenvalue weighted by molar-refractivity contribution is 5.84. The maximum Gasteiger partial charge on any atom is 0.241 e. The van der Waals surface area contributed by atoms with E-state index in [0.29, 0.717) is 18.9 Å². The standard InChI is InChI=1S/C14H27N3O2/c1-11(2)7-12(9-15)8-13(18)16-10-14(19)17-5-3-4-6-17/h11-12H,3-10,15H2,1-2H3,(H,16,18)/t12-/m0/s1. The lowest BCUT2D eigenvalue weighted by molar-refractivity contribution is -0.132. The first-order valence-corrected chi connectivity index (χ1v) is 7.27. The Morgan fingerprint density at radius 3 is 2.42 bits per heavy atom. The predicted molar refractivity (Wildman–Crippen MR) is 75.4 cm³/mol. The van der Waals surface area contributed by atoms with Gasteiger partial charge in [0.15, 0.2) is 0 Å². The van der Waals surface area contributed by atoms with E-state index in [0.717, 1.165) is 32.4 Å². The summed E-state index contributed by atoms with van der Waals surface area (Å²) in [6.07, 6.45) is 3.51. The number of rotatable bonds is 7. The van der Waals surface area contributed by atoms with Crippen molar-refractivity contribution in [2.75, 3.05) is 26.2 Å². The Hall–Kier alpha value is -1.10. The van der Waals surface area contributed by atoms with Crippen molar-refractivity contribution in [3.8, 4) is 0 Å². The number of hydrogen-bond acceptors (Lipinski definition) is 3. The average molecular weight is 269 g/mol. The summed E-state index contributed by atoms with van der Waals surface area (Å²) >= 11 is 0. The molecule has 0 unspecified atom stereocenters. The van der Waals surface area contributed by atoms with E-state index in [1.807, 2.05) is 4.90 Å². The summed E-state index contributed by atoms with van der Waals surface area (Å²) in [5, 5.41) is 2.71. The fraction of sp³-hybridized carbons (Fsp3) is 0.857. The number of nitrogens with zero attached hydrogens (tertiary/aromatic N) is 1. The molecule has 0 radical (unpaired) electrons. The van der Waals surface area contributed by atoms with Gasteiger partial charge in [0, 0.05) is 19.5 Å². The number of hydrogen-bond donors (Lipinski definition) is 2. The maximum absolute atomic E-state index is 11.8. The lowest BCUT2D eigenvalue weighted by Crippen LogP contribution is -2.39. The average Bonchev–Trinajstić information content (AvgIpc) is 2.88. The van der Waals surface area contributed by atoms with Crippen LogP contribution in [0.2, 0.25) is 0 Å². The third-order valence-corrected chi connectivity index (χ3v) is 3.51. The lowest BCUT2D eigenvalue weighted by atomic mass is 9.94. The van der Waals surface area contributed by atoms with Crippen LogP contribution < -0.4 is 11.1 Å². The van der Waals surface area contributed by atoms with Crippen molar-refractivity contribution < 1.29 is 9.59 Å². The molecule has 5 heteroatoms. The molecule has 0 saturated carbocycles. The molecular weight excluding hydrogens is 242 g/mol. The molecule has 1 aliphatic heterocycles. The van der Waals surface area contributed by atoms with Crippen LogP contribution in [0.4, 0.5) is 0 Å². The van der Waals surface area contributed by atoms with Crippen molar-refractivity contribution in [3.05, 3.63) is 0 Å². The Kier molecular flexibility index (Phi) is 6.84.